The minimum absolute atomic E-state index is 0.213. The van der Waals surface area contributed by atoms with Gasteiger partial charge in [-0.25, -0.2) is 5.43 Å². The molecule has 3 aromatic heterocycles. The highest BCUT2D eigenvalue weighted by molar-refractivity contribution is 6.22. The highest BCUT2D eigenvalue weighted by Crippen LogP contribution is 2.28. The van der Waals surface area contributed by atoms with Gasteiger partial charge in [0, 0.05) is 11.1 Å². The molecular formula is C28H16N8O6. The van der Waals surface area contributed by atoms with Crippen LogP contribution in [-0.4, -0.2) is 50.9 Å². The van der Waals surface area contributed by atoms with Crippen molar-refractivity contribution in [3.8, 4) is 22.6 Å². The van der Waals surface area contributed by atoms with E-state index in [-0.39, 0.29) is 5.95 Å². The van der Waals surface area contributed by atoms with Crippen LogP contribution in [0.5, 0.6) is 0 Å². The number of fused-ring (bicyclic) bond motifs is 2. The third kappa shape index (κ3) is 4.34. The van der Waals surface area contributed by atoms with Gasteiger partial charge in [0.15, 0.2) is 0 Å². The molecule has 14 nitrogen and oxygen atoms in total. The minimum Gasteiger partial charge on any atom is -0.455 e. The Morgan fingerprint density at radius 3 is 1.83 bits per heavy atom. The third-order valence-electron chi connectivity index (χ3n) is 6.49. The van der Waals surface area contributed by atoms with Crippen LogP contribution in [0, 0.1) is 0 Å². The van der Waals surface area contributed by atoms with Gasteiger partial charge < -0.3 is 8.83 Å². The zero-order valence-electron chi connectivity index (χ0n) is 21.2. The number of hydrazone groups is 1. The first-order chi connectivity index (χ1) is 20.4. The van der Waals surface area contributed by atoms with Crippen molar-refractivity contribution in [1.82, 2.24) is 25.5 Å². The van der Waals surface area contributed by atoms with Crippen LogP contribution in [0.4, 0.5) is 5.95 Å². The lowest BCUT2D eigenvalue weighted by molar-refractivity contribution is 0.0863. The maximum atomic E-state index is 12.0. The first-order valence-corrected chi connectivity index (χ1v) is 12.4. The molecule has 0 bridgehead atoms. The Bertz CT molecular complexity index is 2010. The molecule has 0 aliphatic carbocycles. The summed E-state index contributed by atoms with van der Waals surface area (Å²) in [7, 11) is 0. The van der Waals surface area contributed by atoms with E-state index in [0.29, 0.717) is 56.4 Å². The van der Waals surface area contributed by atoms with Crippen LogP contribution < -0.4 is 16.1 Å². The Labute approximate surface area is 234 Å². The van der Waals surface area contributed by atoms with Gasteiger partial charge in [0.05, 0.1) is 34.7 Å². The lowest BCUT2D eigenvalue weighted by Gasteiger charge is -2.00. The van der Waals surface area contributed by atoms with Gasteiger partial charge >= 0.3 is 0 Å². The molecule has 42 heavy (non-hydrogen) atoms. The average Bonchev–Trinajstić information content (AvgIpc) is 3.82. The van der Waals surface area contributed by atoms with E-state index in [1.54, 1.807) is 60.7 Å². The van der Waals surface area contributed by atoms with Gasteiger partial charge in [0.25, 0.3) is 29.6 Å². The molecular weight excluding hydrogens is 544 g/mol. The molecule has 3 N–H and O–H groups in total. The molecule has 2 aliphatic rings. The van der Waals surface area contributed by atoms with E-state index >= 15 is 0 Å². The SMILES string of the molecule is O=C1NC(=O)c2cc(-c3ccc(C=NNc4nncn4N=Cc4ccc(-c5ccc6c(c5)C(=O)NC6=O)o4)o3)ccc21. The van der Waals surface area contributed by atoms with Gasteiger partial charge in [-0.15, -0.1) is 10.2 Å². The summed E-state index contributed by atoms with van der Waals surface area (Å²) in [5, 5.41) is 20.7. The van der Waals surface area contributed by atoms with Gasteiger partial charge in [0.1, 0.15) is 29.4 Å². The van der Waals surface area contributed by atoms with Crippen molar-refractivity contribution in [2.75, 3.05) is 5.43 Å². The van der Waals surface area contributed by atoms with Crippen molar-refractivity contribution in [1.29, 1.82) is 0 Å². The predicted molar refractivity (Wildman–Crippen MR) is 146 cm³/mol. The molecule has 0 atom stereocenters. The molecule has 204 valence electrons. The van der Waals surface area contributed by atoms with Crippen LogP contribution in [0.1, 0.15) is 53.0 Å². The number of anilines is 1. The number of furan rings is 2. The summed E-state index contributed by atoms with van der Waals surface area (Å²) < 4.78 is 13.0. The van der Waals surface area contributed by atoms with Crippen LogP contribution in [0.2, 0.25) is 0 Å². The number of carbonyl (C=O) groups is 4. The summed E-state index contributed by atoms with van der Waals surface area (Å²) >= 11 is 0. The Kier molecular flexibility index (Phi) is 5.64. The van der Waals surface area contributed by atoms with Crippen LogP contribution in [0.15, 0.2) is 86.0 Å². The number of imide groups is 2. The summed E-state index contributed by atoms with van der Waals surface area (Å²) in [4.78, 5) is 47.4. The highest BCUT2D eigenvalue weighted by atomic mass is 16.3. The molecule has 0 fully saturated rings. The summed E-state index contributed by atoms with van der Waals surface area (Å²) in [5.74, 6) is 0.318. The second-order valence-electron chi connectivity index (χ2n) is 9.10. The quantitative estimate of drug-likeness (QED) is 0.153. The number of benzene rings is 2. The monoisotopic (exact) mass is 560 g/mol. The maximum Gasteiger partial charge on any atom is 0.265 e. The zero-order chi connectivity index (χ0) is 28.8. The first kappa shape index (κ1) is 24.6. The van der Waals surface area contributed by atoms with E-state index < -0.39 is 23.6 Å². The molecule has 0 spiro atoms. The highest BCUT2D eigenvalue weighted by Gasteiger charge is 2.28. The fourth-order valence-electron chi connectivity index (χ4n) is 4.46. The second kappa shape index (κ2) is 9.63. The number of rotatable bonds is 7. The normalized spacial score (nSPS) is 14.1. The summed E-state index contributed by atoms with van der Waals surface area (Å²) in [5.41, 5.74) is 5.26. The molecule has 0 saturated carbocycles. The van der Waals surface area contributed by atoms with Crippen molar-refractivity contribution in [2.24, 2.45) is 10.2 Å². The van der Waals surface area contributed by atoms with Crippen molar-refractivity contribution in [3.63, 3.8) is 0 Å². The molecule has 5 heterocycles. The lowest BCUT2D eigenvalue weighted by atomic mass is 10.0. The molecule has 2 aliphatic heterocycles. The number of amides is 4. The average molecular weight is 560 g/mol. The van der Waals surface area contributed by atoms with E-state index in [1.165, 1.54) is 23.4 Å². The van der Waals surface area contributed by atoms with Crippen molar-refractivity contribution >= 4 is 42.0 Å². The predicted octanol–water partition coefficient (Wildman–Crippen LogP) is 2.89. The number of nitrogens with zero attached hydrogens (tertiary/aromatic N) is 5. The third-order valence-corrected chi connectivity index (χ3v) is 6.49. The molecule has 2 aromatic carbocycles. The van der Waals surface area contributed by atoms with E-state index in [1.807, 2.05) is 0 Å². The van der Waals surface area contributed by atoms with Crippen molar-refractivity contribution in [2.45, 2.75) is 0 Å². The Hall–Kier alpha value is -6.44. The van der Waals surface area contributed by atoms with Crippen LogP contribution in [0.25, 0.3) is 22.6 Å². The summed E-state index contributed by atoms with van der Waals surface area (Å²) in [6.07, 6.45) is 4.25. The number of nitrogens with one attached hydrogen (secondary N) is 3. The Morgan fingerprint density at radius 2 is 1.24 bits per heavy atom. The molecule has 5 aromatic rings. The van der Waals surface area contributed by atoms with Gasteiger partial charge in [0.2, 0.25) is 0 Å². The molecule has 0 saturated heterocycles. The van der Waals surface area contributed by atoms with Gasteiger partial charge in [-0.3, -0.25) is 29.8 Å². The van der Waals surface area contributed by atoms with Gasteiger partial charge in [-0.1, -0.05) is 12.1 Å². The summed E-state index contributed by atoms with van der Waals surface area (Å²) in [6.45, 7) is 0. The largest absolute Gasteiger partial charge is 0.455 e. The second-order valence-corrected chi connectivity index (χ2v) is 9.10. The lowest BCUT2D eigenvalue weighted by Crippen LogP contribution is -2.19. The van der Waals surface area contributed by atoms with Gasteiger partial charge in [-0.05, 0) is 48.5 Å². The minimum atomic E-state index is -0.443. The molecule has 4 amide bonds. The van der Waals surface area contributed by atoms with Crippen LogP contribution >= 0.6 is 0 Å². The van der Waals surface area contributed by atoms with Crippen LogP contribution in [-0.2, 0) is 0 Å². The summed E-state index contributed by atoms with van der Waals surface area (Å²) in [6, 6.07) is 16.6. The standard InChI is InChI=1S/C28H16N8O6/c37-24-18-5-1-14(9-20(18)26(39)32-24)22-7-3-16(41-22)11-29-34-28-35-30-13-36(28)31-12-17-4-8-23(42-17)15-2-6-19-21(10-15)27(40)33-25(19)38/h1-13H,(H,34,35)(H,32,37,39)(H,33,38,40). The van der Waals surface area contributed by atoms with Crippen molar-refractivity contribution in [3.05, 3.63) is 101 Å². The fourth-order valence-corrected chi connectivity index (χ4v) is 4.46. The first-order valence-electron chi connectivity index (χ1n) is 12.4. The number of hydrogen-bond acceptors (Lipinski definition) is 11. The smallest absolute Gasteiger partial charge is 0.265 e. The van der Waals surface area contributed by atoms with Crippen molar-refractivity contribution < 1.29 is 28.0 Å². The maximum absolute atomic E-state index is 12.0. The number of aromatic nitrogens is 3. The van der Waals surface area contributed by atoms with E-state index in [0.717, 1.165) is 0 Å². The Balaban J connectivity index is 1.01. The van der Waals surface area contributed by atoms with E-state index in [2.05, 4.69) is 36.5 Å². The molecule has 0 radical (unpaired) electrons. The number of carbonyl (C=O) groups excluding carboxylic acids is 4. The topological polar surface area (TPSA) is 186 Å². The zero-order valence-corrected chi connectivity index (χ0v) is 21.2. The Morgan fingerprint density at radius 1 is 0.690 bits per heavy atom. The van der Waals surface area contributed by atoms with Gasteiger partial charge in [-0.2, -0.15) is 14.9 Å². The molecule has 0 unspecified atom stereocenters. The number of hydrogen-bond donors (Lipinski definition) is 3. The molecule has 14 heteroatoms. The van der Waals surface area contributed by atoms with E-state index in [4.69, 9.17) is 8.83 Å². The van der Waals surface area contributed by atoms with E-state index in [9.17, 15) is 19.2 Å². The fraction of sp³-hybridized carbons (Fsp3) is 0. The van der Waals surface area contributed by atoms with Crippen LogP contribution in [0.3, 0.4) is 0 Å². The molecule has 7 rings (SSSR count).